The predicted octanol–water partition coefficient (Wildman–Crippen LogP) is 3.81. The number of methoxy groups -OCH3 is 1. The monoisotopic (exact) mass is 334 g/mol. The number of hydrogen-bond acceptors (Lipinski definition) is 5. The van der Waals surface area contributed by atoms with Crippen molar-refractivity contribution < 1.29 is 4.74 Å². The number of anilines is 2. The summed E-state index contributed by atoms with van der Waals surface area (Å²) >= 11 is 0. The molecule has 1 heterocycles. The standard InChI is InChI=1S/C20H22N4O/c1-25-13-12-21-20-23-18(17-10-6-3-7-11-17)14-19(24-20)22-15-16-8-4-2-5-9-16/h2-11,14H,12-13,15H2,1H3,(H2,21,22,23,24). The van der Waals surface area contributed by atoms with E-state index in [-0.39, 0.29) is 0 Å². The lowest BCUT2D eigenvalue weighted by Crippen LogP contribution is -2.12. The molecule has 0 atom stereocenters. The van der Waals surface area contributed by atoms with E-state index in [1.54, 1.807) is 7.11 Å². The van der Waals surface area contributed by atoms with E-state index >= 15 is 0 Å². The molecule has 0 fully saturated rings. The average Bonchev–Trinajstić information content (AvgIpc) is 2.68. The molecule has 0 bridgehead atoms. The molecule has 1 aromatic heterocycles. The lowest BCUT2D eigenvalue weighted by Gasteiger charge is -2.11. The SMILES string of the molecule is COCCNc1nc(NCc2ccccc2)cc(-c2ccccc2)n1. The molecule has 0 aliphatic rings. The third-order valence-electron chi connectivity index (χ3n) is 3.70. The summed E-state index contributed by atoms with van der Waals surface area (Å²) in [7, 11) is 1.68. The van der Waals surface area contributed by atoms with Crippen molar-refractivity contribution in [2.75, 3.05) is 30.9 Å². The Labute approximate surface area is 148 Å². The Hall–Kier alpha value is -2.92. The molecule has 0 aliphatic carbocycles. The number of rotatable bonds is 8. The maximum absolute atomic E-state index is 5.08. The molecule has 0 amide bonds. The Kier molecular flexibility index (Phi) is 5.96. The highest BCUT2D eigenvalue weighted by Crippen LogP contribution is 2.21. The van der Waals surface area contributed by atoms with Gasteiger partial charge in [0.15, 0.2) is 0 Å². The number of ether oxygens (including phenoxy) is 1. The molecule has 0 saturated carbocycles. The lowest BCUT2D eigenvalue weighted by molar-refractivity contribution is 0.210. The summed E-state index contributed by atoms with van der Waals surface area (Å²) in [6.45, 7) is 1.97. The fraction of sp³-hybridized carbons (Fsp3) is 0.200. The number of aromatic nitrogens is 2. The Morgan fingerprint density at radius 1 is 0.880 bits per heavy atom. The van der Waals surface area contributed by atoms with E-state index < -0.39 is 0 Å². The smallest absolute Gasteiger partial charge is 0.225 e. The van der Waals surface area contributed by atoms with Crippen LogP contribution in [0, 0.1) is 0 Å². The van der Waals surface area contributed by atoms with Crippen LogP contribution in [0.2, 0.25) is 0 Å². The summed E-state index contributed by atoms with van der Waals surface area (Å²) in [5, 5.41) is 6.59. The van der Waals surface area contributed by atoms with Gasteiger partial charge in [0, 0.05) is 31.8 Å². The maximum atomic E-state index is 5.08. The van der Waals surface area contributed by atoms with E-state index in [9.17, 15) is 0 Å². The van der Waals surface area contributed by atoms with Crippen molar-refractivity contribution in [1.82, 2.24) is 9.97 Å². The van der Waals surface area contributed by atoms with Gasteiger partial charge in [-0.2, -0.15) is 4.98 Å². The predicted molar refractivity (Wildman–Crippen MR) is 102 cm³/mol. The van der Waals surface area contributed by atoms with Crippen molar-refractivity contribution in [3.05, 3.63) is 72.3 Å². The average molecular weight is 334 g/mol. The second-order valence-corrected chi connectivity index (χ2v) is 5.59. The van der Waals surface area contributed by atoms with Gasteiger partial charge in [0.05, 0.1) is 12.3 Å². The van der Waals surface area contributed by atoms with Gasteiger partial charge in [-0.25, -0.2) is 4.98 Å². The van der Waals surface area contributed by atoms with Crippen LogP contribution in [0.3, 0.4) is 0 Å². The van der Waals surface area contributed by atoms with Gasteiger partial charge in [-0.1, -0.05) is 60.7 Å². The Bertz CT molecular complexity index is 778. The first kappa shape index (κ1) is 16.9. The van der Waals surface area contributed by atoms with E-state index in [0.717, 1.165) is 17.1 Å². The van der Waals surface area contributed by atoms with Crippen molar-refractivity contribution >= 4 is 11.8 Å². The van der Waals surface area contributed by atoms with Crippen LogP contribution in [-0.2, 0) is 11.3 Å². The topological polar surface area (TPSA) is 59.1 Å². The zero-order valence-electron chi connectivity index (χ0n) is 14.3. The second-order valence-electron chi connectivity index (χ2n) is 5.59. The normalized spacial score (nSPS) is 10.4. The van der Waals surface area contributed by atoms with Crippen LogP contribution >= 0.6 is 0 Å². The molecule has 2 N–H and O–H groups in total. The maximum Gasteiger partial charge on any atom is 0.225 e. The van der Waals surface area contributed by atoms with E-state index in [0.29, 0.717) is 25.6 Å². The molecule has 2 aromatic carbocycles. The van der Waals surface area contributed by atoms with Crippen LogP contribution in [0.1, 0.15) is 5.56 Å². The minimum absolute atomic E-state index is 0.592. The van der Waals surface area contributed by atoms with Gasteiger partial charge in [-0.3, -0.25) is 0 Å². The molecular weight excluding hydrogens is 312 g/mol. The Balaban J connectivity index is 1.81. The quantitative estimate of drug-likeness (QED) is 0.613. The molecule has 3 aromatic rings. The zero-order chi connectivity index (χ0) is 17.3. The van der Waals surface area contributed by atoms with E-state index in [2.05, 4.69) is 32.7 Å². The molecule has 0 radical (unpaired) electrons. The van der Waals surface area contributed by atoms with Crippen LogP contribution in [0.25, 0.3) is 11.3 Å². The summed E-state index contributed by atoms with van der Waals surface area (Å²) < 4.78 is 5.08. The van der Waals surface area contributed by atoms with Gasteiger partial charge < -0.3 is 15.4 Å². The lowest BCUT2D eigenvalue weighted by atomic mass is 10.1. The minimum Gasteiger partial charge on any atom is -0.383 e. The van der Waals surface area contributed by atoms with Crippen molar-refractivity contribution in [2.24, 2.45) is 0 Å². The Morgan fingerprint density at radius 2 is 1.60 bits per heavy atom. The van der Waals surface area contributed by atoms with Crippen molar-refractivity contribution in [2.45, 2.75) is 6.54 Å². The van der Waals surface area contributed by atoms with Gasteiger partial charge >= 0.3 is 0 Å². The van der Waals surface area contributed by atoms with E-state index in [1.165, 1.54) is 5.56 Å². The molecule has 0 aliphatic heterocycles. The molecular formula is C20H22N4O. The highest BCUT2D eigenvalue weighted by Gasteiger charge is 2.06. The first-order valence-electron chi connectivity index (χ1n) is 8.30. The number of benzene rings is 2. The van der Waals surface area contributed by atoms with Crippen LogP contribution in [0.5, 0.6) is 0 Å². The zero-order valence-corrected chi connectivity index (χ0v) is 14.3. The molecule has 128 valence electrons. The summed E-state index contributed by atoms with van der Waals surface area (Å²) in [5.74, 6) is 1.38. The molecule has 5 heteroatoms. The largest absolute Gasteiger partial charge is 0.383 e. The van der Waals surface area contributed by atoms with Crippen LogP contribution < -0.4 is 10.6 Å². The van der Waals surface area contributed by atoms with E-state index in [4.69, 9.17) is 4.74 Å². The fourth-order valence-corrected chi connectivity index (χ4v) is 2.43. The second kappa shape index (κ2) is 8.80. The first-order chi connectivity index (χ1) is 12.3. The molecule has 0 unspecified atom stereocenters. The van der Waals surface area contributed by atoms with Gasteiger partial charge in [0.2, 0.25) is 5.95 Å². The van der Waals surface area contributed by atoms with Gasteiger partial charge in [0.1, 0.15) is 5.82 Å². The van der Waals surface area contributed by atoms with Crippen LogP contribution in [0.15, 0.2) is 66.7 Å². The van der Waals surface area contributed by atoms with Crippen LogP contribution in [-0.4, -0.2) is 30.2 Å². The molecule has 3 rings (SSSR count). The van der Waals surface area contributed by atoms with E-state index in [1.807, 2.05) is 54.6 Å². The van der Waals surface area contributed by atoms with Gasteiger partial charge in [0.25, 0.3) is 0 Å². The Morgan fingerprint density at radius 3 is 2.32 bits per heavy atom. The fourth-order valence-electron chi connectivity index (χ4n) is 2.43. The number of nitrogens with zero attached hydrogens (tertiary/aromatic N) is 2. The van der Waals surface area contributed by atoms with Crippen molar-refractivity contribution in [3.63, 3.8) is 0 Å². The van der Waals surface area contributed by atoms with Gasteiger partial charge in [-0.15, -0.1) is 0 Å². The summed E-state index contributed by atoms with van der Waals surface area (Å²) in [4.78, 5) is 9.17. The molecule has 0 saturated heterocycles. The number of nitrogens with one attached hydrogen (secondary N) is 2. The highest BCUT2D eigenvalue weighted by molar-refractivity contribution is 5.64. The minimum atomic E-state index is 0.592. The molecule has 25 heavy (non-hydrogen) atoms. The molecule has 0 spiro atoms. The van der Waals surface area contributed by atoms with Gasteiger partial charge in [-0.05, 0) is 5.56 Å². The first-order valence-corrected chi connectivity index (χ1v) is 8.30. The summed E-state index contributed by atoms with van der Waals surface area (Å²) in [6.07, 6.45) is 0. The molecule has 5 nitrogen and oxygen atoms in total. The summed E-state index contributed by atoms with van der Waals surface area (Å²) in [5.41, 5.74) is 3.14. The summed E-state index contributed by atoms with van der Waals surface area (Å²) in [6, 6.07) is 22.3. The van der Waals surface area contributed by atoms with Crippen molar-refractivity contribution in [3.8, 4) is 11.3 Å². The number of hydrogen-bond donors (Lipinski definition) is 2. The third kappa shape index (κ3) is 5.02. The third-order valence-corrected chi connectivity index (χ3v) is 3.70. The van der Waals surface area contributed by atoms with Crippen LogP contribution in [0.4, 0.5) is 11.8 Å². The highest BCUT2D eigenvalue weighted by atomic mass is 16.5. The van der Waals surface area contributed by atoms with Crippen molar-refractivity contribution in [1.29, 1.82) is 0 Å².